The second kappa shape index (κ2) is 6.49. The van der Waals surface area contributed by atoms with Crippen LogP contribution in [0.4, 0.5) is 11.6 Å². The van der Waals surface area contributed by atoms with Crippen molar-refractivity contribution in [2.24, 2.45) is 5.92 Å². The molecule has 2 heterocycles. The number of nitrogens with zero attached hydrogens (tertiary/aromatic N) is 5. The van der Waals surface area contributed by atoms with Crippen molar-refractivity contribution in [1.29, 1.82) is 0 Å². The van der Waals surface area contributed by atoms with Crippen LogP contribution in [0.3, 0.4) is 0 Å². The zero-order valence-electron chi connectivity index (χ0n) is 13.5. The van der Waals surface area contributed by atoms with Crippen molar-refractivity contribution < 1.29 is 4.92 Å². The molecular formula is C15H22N6O2. The summed E-state index contributed by atoms with van der Waals surface area (Å²) in [6.07, 6.45) is 5.83. The van der Waals surface area contributed by atoms with Crippen molar-refractivity contribution in [3.05, 3.63) is 28.4 Å². The summed E-state index contributed by atoms with van der Waals surface area (Å²) >= 11 is 0. The van der Waals surface area contributed by atoms with Crippen LogP contribution in [0.2, 0.25) is 0 Å². The molecule has 0 aliphatic heterocycles. The van der Waals surface area contributed by atoms with Gasteiger partial charge in [-0.3, -0.25) is 0 Å². The monoisotopic (exact) mass is 318 g/mol. The fraction of sp³-hybridized carbons (Fsp3) is 0.600. The molecule has 0 saturated heterocycles. The van der Waals surface area contributed by atoms with Crippen LogP contribution in [0.25, 0.3) is 5.65 Å². The molecule has 0 bridgehead atoms. The van der Waals surface area contributed by atoms with Gasteiger partial charge >= 0.3 is 5.82 Å². The van der Waals surface area contributed by atoms with Crippen LogP contribution in [0.1, 0.15) is 25.7 Å². The number of imidazole rings is 1. The van der Waals surface area contributed by atoms with E-state index < -0.39 is 4.92 Å². The van der Waals surface area contributed by atoms with Crippen molar-refractivity contribution in [2.45, 2.75) is 31.7 Å². The van der Waals surface area contributed by atoms with Crippen LogP contribution >= 0.6 is 0 Å². The molecule has 0 radical (unpaired) electrons. The van der Waals surface area contributed by atoms with Crippen LogP contribution < -0.4 is 5.32 Å². The second-order valence-electron chi connectivity index (χ2n) is 6.49. The van der Waals surface area contributed by atoms with E-state index in [0.717, 1.165) is 25.3 Å². The van der Waals surface area contributed by atoms with Crippen LogP contribution in [-0.2, 0) is 0 Å². The highest BCUT2D eigenvalue weighted by molar-refractivity contribution is 5.48. The smallest absolute Gasteiger partial charge is 0.364 e. The lowest BCUT2D eigenvalue weighted by atomic mass is 9.86. The van der Waals surface area contributed by atoms with E-state index in [-0.39, 0.29) is 5.82 Å². The highest BCUT2D eigenvalue weighted by atomic mass is 16.6. The lowest BCUT2D eigenvalue weighted by Crippen LogP contribution is -2.31. The highest BCUT2D eigenvalue weighted by Gasteiger charge is 2.23. The maximum Gasteiger partial charge on any atom is 0.368 e. The molecule has 3 rings (SSSR count). The number of nitrogens with one attached hydrogen (secondary N) is 1. The maximum atomic E-state index is 11.0. The summed E-state index contributed by atoms with van der Waals surface area (Å²) in [6.45, 7) is 1.14. The van der Waals surface area contributed by atoms with Crippen LogP contribution in [0.15, 0.2) is 18.3 Å². The molecule has 8 heteroatoms. The Hall–Kier alpha value is -2.22. The van der Waals surface area contributed by atoms with E-state index in [1.54, 1.807) is 6.07 Å². The third kappa shape index (κ3) is 3.58. The summed E-state index contributed by atoms with van der Waals surface area (Å²) in [5, 5.41) is 18.7. The van der Waals surface area contributed by atoms with Gasteiger partial charge in [-0.1, -0.05) is 9.61 Å². The summed E-state index contributed by atoms with van der Waals surface area (Å²) in [4.78, 5) is 16.7. The Labute approximate surface area is 134 Å². The summed E-state index contributed by atoms with van der Waals surface area (Å²) in [7, 11) is 4.23. The Balaban J connectivity index is 1.66. The summed E-state index contributed by atoms with van der Waals surface area (Å²) in [5.74, 6) is 1.31. The summed E-state index contributed by atoms with van der Waals surface area (Å²) in [5.41, 5.74) is 0.483. The van der Waals surface area contributed by atoms with Gasteiger partial charge in [-0.15, -0.1) is 0 Å². The van der Waals surface area contributed by atoms with Gasteiger partial charge in [-0.05, 0) is 56.7 Å². The number of rotatable bonds is 5. The first-order valence-corrected chi connectivity index (χ1v) is 7.93. The van der Waals surface area contributed by atoms with Crippen molar-refractivity contribution >= 4 is 17.3 Å². The Morgan fingerprint density at radius 2 is 2.09 bits per heavy atom. The van der Waals surface area contributed by atoms with Gasteiger partial charge in [0.2, 0.25) is 5.65 Å². The molecule has 0 atom stereocenters. The molecule has 2 aromatic rings. The van der Waals surface area contributed by atoms with Gasteiger partial charge in [-0.2, -0.15) is 0 Å². The van der Waals surface area contributed by atoms with E-state index in [4.69, 9.17) is 0 Å². The topological polar surface area (TPSA) is 88.6 Å². The molecule has 8 nitrogen and oxygen atoms in total. The number of nitro groups is 1. The predicted octanol–water partition coefficient (Wildman–Crippen LogP) is 2.17. The van der Waals surface area contributed by atoms with Gasteiger partial charge in [0.1, 0.15) is 6.20 Å². The largest absolute Gasteiger partial charge is 0.368 e. The molecule has 1 aliphatic carbocycles. The predicted molar refractivity (Wildman–Crippen MR) is 87.6 cm³/mol. The molecule has 1 saturated carbocycles. The number of hydrogen-bond donors (Lipinski definition) is 1. The third-order valence-electron chi connectivity index (χ3n) is 4.35. The lowest BCUT2D eigenvalue weighted by Gasteiger charge is -2.30. The molecule has 0 spiro atoms. The van der Waals surface area contributed by atoms with Crippen molar-refractivity contribution in [3.8, 4) is 0 Å². The minimum Gasteiger partial charge on any atom is -0.364 e. The Morgan fingerprint density at radius 3 is 2.74 bits per heavy atom. The number of hydrogen-bond acceptors (Lipinski definition) is 6. The summed E-state index contributed by atoms with van der Waals surface area (Å²) < 4.78 is 1.28. The van der Waals surface area contributed by atoms with Crippen molar-refractivity contribution in [3.63, 3.8) is 0 Å². The fourth-order valence-corrected chi connectivity index (χ4v) is 3.28. The number of aromatic nitrogens is 3. The zero-order valence-corrected chi connectivity index (χ0v) is 13.5. The van der Waals surface area contributed by atoms with E-state index >= 15 is 0 Å². The van der Waals surface area contributed by atoms with Gasteiger partial charge in [0.15, 0.2) is 5.82 Å². The standard InChI is InChI=1S/C15H22N6O2/c1-19(2)10-11-3-5-12(6-4-11)17-13-7-8-14-16-9-15(21(22)23)20(14)18-13/h7-9,11-12H,3-6,10H2,1-2H3,(H,17,18). The van der Waals surface area contributed by atoms with E-state index in [2.05, 4.69) is 34.4 Å². The Bertz CT molecular complexity index is 690. The normalized spacial score (nSPS) is 21.7. The molecule has 2 aromatic heterocycles. The van der Waals surface area contributed by atoms with Gasteiger partial charge in [-0.25, -0.2) is 4.98 Å². The zero-order chi connectivity index (χ0) is 16.4. The average Bonchev–Trinajstić information content (AvgIpc) is 2.92. The molecule has 0 amide bonds. The van der Waals surface area contributed by atoms with Gasteiger partial charge in [0, 0.05) is 18.7 Å². The van der Waals surface area contributed by atoms with Crippen LogP contribution in [0, 0.1) is 16.0 Å². The molecule has 0 unspecified atom stereocenters. The molecule has 1 N–H and O–H groups in total. The molecule has 23 heavy (non-hydrogen) atoms. The minimum absolute atomic E-state index is 0.113. The second-order valence-corrected chi connectivity index (χ2v) is 6.49. The third-order valence-corrected chi connectivity index (χ3v) is 4.35. The fourth-order valence-electron chi connectivity index (χ4n) is 3.28. The Morgan fingerprint density at radius 1 is 1.35 bits per heavy atom. The van der Waals surface area contributed by atoms with E-state index in [1.807, 2.05) is 6.07 Å². The van der Waals surface area contributed by atoms with Crippen molar-refractivity contribution in [2.75, 3.05) is 26.0 Å². The quantitative estimate of drug-likeness (QED) is 0.671. The maximum absolute atomic E-state index is 11.0. The molecule has 1 aliphatic rings. The van der Waals surface area contributed by atoms with E-state index in [9.17, 15) is 10.1 Å². The average molecular weight is 318 g/mol. The molecular weight excluding hydrogens is 296 g/mol. The first kappa shape index (κ1) is 15.7. The molecule has 124 valence electrons. The van der Waals surface area contributed by atoms with Gasteiger partial charge < -0.3 is 20.3 Å². The first-order chi connectivity index (χ1) is 11.0. The van der Waals surface area contributed by atoms with Crippen LogP contribution in [-0.4, -0.2) is 51.1 Å². The van der Waals surface area contributed by atoms with Gasteiger partial charge in [0.05, 0.1) is 0 Å². The minimum atomic E-state index is -0.469. The summed E-state index contributed by atoms with van der Waals surface area (Å²) in [6, 6.07) is 3.96. The first-order valence-electron chi connectivity index (χ1n) is 7.93. The highest BCUT2D eigenvalue weighted by Crippen LogP contribution is 2.26. The number of anilines is 1. The SMILES string of the molecule is CN(C)CC1CCC(Nc2ccc3ncc([N+](=O)[O-])n3n2)CC1. The van der Waals surface area contributed by atoms with Crippen molar-refractivity contribution in [1.82, 2.24) is 19.5 Å². The van der Waals surface area contributed by atoms with Crippen LogP contribution in [0.5, 0.6) is 0 Å². The molecule has 1 fully saturated rings. The van der Waals surface area contributed by atoms with Gasteiger partial charge in [0.25, 0.3) is 0 Å². The lowest BCUT2D eigenvalue weighted by molar-refractivity contribution is -0.391. The Kier molecular flexibility index (Phi) is 4.42. The molecule has 0 aromatic carbocycles. The number of fused-ring (bicyclic) bond motifs is 1. The van der Waals surface area contributed by atoms with E-state index in [0.29, 0.717) is 17.5 Å². The van der Waals surface area contributed by atoms with E-state index in [1.165, 1.54) is 23.6 Å².